The van der Waals surface area contributed by atoms with Crippen LogP contribution >= 0.6 is 0 Å². The van der Waals surface area contributed by atoms with Crippen molar-refractivity contribution in [3.63, 3.8) is 0 Å². The van der Waals surface area contributed by atoms with Crippen LogP contribution in [0.1, 0.15) is 32.1 Å². The van der Waals surface area contributed by atoms with E-state index in [0.29, 0.717) is 12.3 Å². The fraction of sp³-hybridized carbons (Fsp3) is 0.929. The summed E-state index contributed by atoms with van der Waals surface area (Å²) < 4.78 is 5.19. The van der Waals surface area contributed by atoms with Crippen molar-refractivity contribution in [2.45, 2.75) is 37.6 Å². The molecule has 0 amide bonds. The maximum Gasteiger partial charge on any atom is 0.323 e. The quantitative estimate of drug-likeness (QED) is 0.751. The van der Waals surface area contributed by atoms with E-state index in [-0.39, 0.29) is 5.92 Å². The Kier molecular flexibility index (Phi) is 4.81. The molecule has 1 saturated carbocycles. The van der Waals surface area contributed by atoms with Gasteiger partial charge in [0.1, 0.15) is 5.54 Å². The lowest BCUT2D eigenvalue weighted by Gasteiger charge is -2.28. The first kappa shape index (κ1) is 14.8. The summed E-state index contributed by atoms with van der Waals surface area (Å²) in [5.74, 6) is -0.0594. The van der Waals surface area contributed by atoms with E-state index in [1.54, 1.807) is 7.11 Å². The number of carboxylic acid groups (broad SMARTS) is 1. The highest BCUT2D eigenvalue weighted by Gasteiger charge is 2.45. The molecule has 1 saturated heterocycles. The van der Waals surface area contributed by atoms with E-state index >= 15 is 0 Å². The summed E-state index contributed by atoms with van der Waals surface area (Å²) in [4.78, 5) is 13.7. The van der Waals surface area contributed by atoms with E-state index in [2.05, 4.69) is 4.90 Å². The lowest BCUT2D eigenvalue weighted by atomic mass is 9.85. The van der Waals surface area contributed by atoms with Gasteiger partial charge in [0.15, 0.2) is 0 Å². The number of ether oxygens (including phenoxy) is 1. The molecular weight excluding hydrogens is 244 g/mol. The molecule has 0 spiro atoms. The van der Waals surface area contributed by atoms with Crippen LogP contribution in [-0.4, -0.2) is 54.9 Å². The Morgan fingerprint density at radius 2 is 2.32 bits per heavy atom. The topological polar surface area (TPSA) is 75.8 Å². The molecule has 5 heteroatoms. The van der Waals surface area contributed by atoms with Crippen LogP contribution < -0.4 is 5.73 Å². The molecule has 0 bridgehead atoms. The number of nitrogens with two attached hydrogens (primary N) is 1. The number of carbonyl (C=O) groups is 1. The summed E-state index contributed by atoms with van der Waals surface area (Å²) >= 11 is 0. The Bertz CT molecular complexity index is 324. The molecule has 3 atom stereocenters. The van der Waals surface area contributed by atoms with Crippen LogP contribution in [-0.2, 0) is 9.53 Å². The van der Waals surface area contributed by atoms with Crippen LogP contribution in [0.15, 0.2) is 0 Å². The number of likely N-dealkylation sites (tertiary alicyclic amines) is 1. The van der Waals surface area contributed by atoms with E-state index in [9.17, 15) is 9.90 Å². The van der Waals surface area contributed by atoms with Gasteiger partial charge in [0.25, 0.3) is 0 Å². The molecule has 3 N–H and O–H groups in total. The fourth-order valence-electron chi connectivity index (χ4n) is 3.61. The second-order valence-corrected chi connectivity index (χ2v) is 6.13. The van der Waals surface area contributed by atoms with Crippen molar-refractivity contribution in [1.82, 2.24) is 4.90 Å². The molecule has 0 aromatic carbocycles. The average molecular weight is 270 g/mol. The summed E-state index contributed by atoms with van der Waals surface area (Å²) in [7, 11) is 1.75. The average Bonchev–Trinajstić information content (AvgIpc) is 2.95. The number of nitrogens with zero attached hydrogens (tertiary/aromatic N) is 1. The van der Waals surface area contributed by atoms with Crippen molar-refractivity contribution in [3.8, 4) is 0 Å². The van der Waals surface area contributed by atoms with Gasteiger partial charge in [0.05, 0.1) is 6.61 Å². The number of methoxy groups -OCH3 is 1. The summed E-state index contributed by atoms with van der Waals surface area (Å²) in [5, 5.41) is 9.29. The summed E-state index contributed by atoms with van der Waals surface area (Å²) in [6.45, 7) is 3.98. The zero-order chi connectivity index (χ0) is 13.9. The maximum absolute atomic E-state index is 11.3. The Balaban J connectivity index is 1.78. The zero-order valence-corrected chi connectivity index (χ0v) is 11.8. The van der Waals surface area contributed by atoms with E-state index in [0.717, 1.165) is 45.5 Å². The molecule has 3 unspecified atom stereocenters. The molecule has 1 aliphatic heterocycles. The first-order chi connectivity index (χ1) is 9.06. The molecule has 2 aliphatic rings. The van der Waals surface area contributed by atoms with E-state index in [1.165, 1.54) is 6.42 Å². The second-order valence-electron chi connectivity index (χ2n) is 6.13. The van der Waals surface area contributed by atoms with Gasteiger partial charge in [0.2, 0.25) is 0 Å². The van der Waals surface area contributed by atoms with Gasteiger partial charge in [-0.05, 0) is 50.6 Å². The number of aliphatic carboxylic acids is 1. The molecule has 2 rings (SSSR count). The molecule has 19 heavy (non-hydrogen) atoms. The fourth-order valence-corrected chi connectivity index (χ4v) is 3.61. The Hall–Kier alpha value is -0.650. The number of hydrogen-bond acceptors (Lipinski definition) is 4. The summed E-state index contributed by atoms with van der Waals surface area (Å²) in [5.41, 5.74) is 5.09. The Labute approximate surface area is 115 Å². The lowest BCUT2D eigenvalue weighted by Crippen LogP contribution is -2.51. The van der Waals surface area contributed by atoms with Gasteiger partial charge in [0, 0.05) is 13.7 Å². The van der Waals surface area contributed by atoms with Crippen LogP contribution in [0.25, 0.3) is 0 Å². The summed E-state index contributed by atoms with van der Waals surface area (Å²) in [6.07, 6.45) is 4.62. The predicted molar refractivity (Wildman–Crippen MR) is 72.9 cm³/mol. The van der Waals surface area contributed by atoms with Gasteiger partial charge in [-0.1, -0.05) is 6.42 Å². The van der Waals surface area contributed by atoms with Gasteiger partial charge < -0.3 is 20.5 Å². The van der Waals surface area contributed by atoms with Crippen molar-refractivity contribution in [2.24, 2.45) is 17.6 Å². The zero-order valence-electron chi connectivity index (χ0n) is 11.8. The Morgan fingerprint density at radius 3 is 3.00 bits per heavy atom. The SMILES string of the molecule is COCC1CCN(CCC2CCCC2(N)C(=O)O)C1. The van der Waals surface area contributed by atoms with E-state index < -0.39 is 11.5 Å². The van der Waals surface area contributed by atoms with Gasteiger partial charge in [-0.15, -0.1) is 0 Å². The van der Waals surface area contributed by atoms with Crippen LogP contribution in [0.3, 0.4) is 0 Å². The second kappa shape index (κ2) is 6.20. The largest absolute Gasteiger partial charge is 0.480 e. The van der Waals surface area contributed by atoms with Crippen LogP contribution in [0, 0.1) is 11.8 Å². The van der Waals surface area contributed by atoms with Gasteiger partial charge in [-0.2, -0.15) is 0 Å². The maximum atomic E-state index is 11.3. The van der Waals surface area contributed by atoms with Crippen molar-refractivity contribution < 1.29 is 14.6 Å². The lowest BCUT2D eigenvalue weighted by molar-refractivity contribution is -0.144. The van der Waals surface area contributed by atoms with Crippen molar-refractivity contribution in [2.75, 3.05) is 33.4 Å². The molecule has 0 radical (unpaired) electrons. The monoisotopic (exact) mass is 270 g/mol. The molecule has 1 heterocycles. The molecule has 110 valence electrons. The molecular formula is C14H26N2O3. The number of hydrogen-bond donors (Lipinski definition) is 2. The predicted octanol–water partition coefficient (Wildman–Crippen LogP) is 0.927. The number of rotatable bonds is 6. The third kappa shape index (κ3) is 3.27. The minimum atomic E-state index is -0.981. The van der Waals surface area contributed by atoms with Crippen LogP contribution in [0.4, 0.5) is 0 Å². The van der Waals surface area contributed by atoms with Crippen LogP contribution in [0.2, 0.25) is 0 Å². The van der Waals surface area contributed by atoms with Gasteiger partial charge >= 0.3 is 5.97 Å². The molecule has 0 aromatic heterocycles. The van der Waals surface area contributed by atoms with Crippen molar-refractivity contribution >= 4 is 5.97 Å². The molecule has 1 aliphatic carbocycles. The van der Waals surface area contributed by atoms with E-state index in [4.69, 9.17) is 10.5 Å². The highest BCUT2D eigenvalue weighted by atomic mass is 16.5. The smallest absolute Gasteiger partial charge is 0.323 e. The summed E-state index contributed by atoms with van der Waals surface area (Å²) in [6, 6.07) is 0. The molecule has 0 aromatic rings. The highest BCUT2D eigenvalue weighted by molar-refractivity contribution is 5.79. The minimum absolute atomic E-state index is 0.131. The molecule has 5 nitrogen and oxygen atoms in total. The van der Waals surface area contributed by atoms with E-state index in [1.807, 2.05) is 0 Å². The molecule has 2 fully saturated rings. The van der Waals surface area contributed by atoms with Gasteiger partial charge in [-0.25, -0.2) is 0 Å². The minimum Gasteiger partial charge on any atom is -0.480 e. The normalized spacial score (nSPS) is 35.9. The van der Waals surface area contributed by atoms with Gasteiger partial charge in [-0.3, -0.25) is 4.79 Å². The van der Waals surface area contributed by atoms with Crippen LogP contribution in [0.5, 0.6) is 0 Å². The Morgan fingerprint density at radius 1 is 1.53 bits per heavy atom. The van der Waals surface area contributed by atoms with Crippen molar-refractivity contribution in [3.05, 3.63) is 0 Å². The third-order valence-electron chi connectivity index (χ3n) is 4.84. The standard InChI is InChI=1S/C14H26N2O3/c1-19-10-11-4-7-16(9-11)8-5-12-3-2-6-14(12,15)13(17)18/h11-12H,2-10,15H2,1H3,(H,17,18). The van der Waals surface area contributed by atoms with Crippen molar-refractivity contribution in [1.29, 1.82) is 0 Å². The first-order valence-electron chi connectivity index (χ1n) is 7.30. The third-order valence-corrected chi connectivity index (χ3v) is 4.84. The first-order valence-corrected chi connectivity index (χ1v) is 7.30. The number of carboxylic acids is 1. The highest BCUT2D eigenvalue weighted by Crippen LogP contribution is 2.36.